The third kappa shape index (κ3) is 4.45. The van der Waals surface area contributed by atoms with Crippen LogP contribution in [0, 0.1) is 0 Å². The number of nitrogens with one attached hydrogen (secondary N) is 1. The van der Waals surface area contributed by atoms with Gasteiger partial charge in [0.15, 0.2) is 0 Å². The van der Waals surface area contributed by atoms with Crippen molar-refractivity contribution in [2.45, 2.75) is 32.7 Å². The first-order chi connectivity index (χ1) is 12.0. The average Bonchev–Trinajstić information content (AvgIpc) is 2.61. The molecule has 0 saturated heterocycles. The summed E-state index contributed by atoms with van der Waals surface area (Å²) in [5, 5.41) is 3.38. The number of fused-ring (bicyclic) bond motifs is 1. The lowest BCUT2D eigenvalue weighted by molar-refractivity contribution is 0.264. The average molecular weight is 340 g/mol. The van der Waals surface area contributed by atoms with E-state index in [-0.39, 0.29) is 5.92 Å². The van der Waals surface area contributed by atoms with E-state index in [4.69, 9.17) is 0 Å². The summed E-state index contributed by atoms with van der Waals surface area (Å²) in [6, 6.07) is 8.73. The molecule has 2 heterocycles. The topological polar surface area (TPSA) is 57.2 Å². The predicted octanol–water partition coefficient (Wildman–Crippen LogP) is 2.53. The number of benzene rings is 1. The number of rotatable bonds is 6. The summed E-state index contributed by atoms with van der Waals surface area (Å²) in [7, 11) is 3.91. The van der Waals surface area contributed by atoms with Crippen LogP contribution in [0.25, 0.3) is 0 Å². The molecule has 0 saturated carbocycles. The Hall–Kier alpha value is -2.21. The van der Waals surface area contributed by atoms with Gasteiger partial charge in [0, 0.05) is 46.2 Å². The van der Waals surface area contributed by atoms with Crippen molar-refractivity contribution in [1.82, 2.24) is 19.9 Å². The lowest BCUT2D eigenvalue weighted by Gasteiger charge is -2.28. The molecular weight excluding hydrogens is 312 g/mol. The standard InChI is InChI=1S/C19H28N6/c1-14(2)17-21-18(23-19(22-17)24(3)4)20-10-12-25-11-9-15-7-5-6-8-16(15)13-25/h5-8,14H,9-13H2,1-4H3,(H,20,21,22,23). The van der Waals surface area contributed by atoms with Gasteiger partial charge in [-0.1, -0.05) is 38.1 Å². The van der Waals surface area contributed by atoms with E-state index in [2.05, 4.69) is 63.3 Å². The maximum atomic E-state index is 4.56. The molecule has 1 aliphatic heterocycles. The molecule has 6 nitrogen and oxygen atoms in total. The third-order valence-electron chi connectivity index (χ3n) is 4.48. The van der Waals surface area contributed by atoms with Gasteiger partial charge >= 0.3 is 0 Å². The Morgan fingerprint density at radius 3 is 2.60 bits per heavy atom. The summed E-state index contributed by atoms with van der Waals surface area (Å²) in [4.78, 5) is 18.0. The summed E-state index contributed by atoms with van der Waals surface area (Å²) >= 11 is 0. The summed E-state index contributed by atoms with van der Waals surface area (Å²) in [6.45, 7) is 8.14. The van der Waals surface area contributed by atoms with Crippen molar-refractivity contribution >= 4 is 11.9 Å². The van der Waals surface area contributed by atoms with Crippen molar-refractivity contribution in [2.24, 2.45) is 0 Å². The zero-order chi connectivity index (χ0) is 17.8. The van der Waals surface area contributed by atoms with Crippen LogP contribution in [0.3, 0.4) is 0 Å². The van der Waals surface area contributed by atoms with E-state index >= 15 is 0 Å². The number of aromatic nitrogens is 3. The quantitative estimate of drug-likeness (QED) is 0.872. The predicted molar refractivity (Wildman–Crippen MR) is 102 cm³/mol. The molecule has 2 aromatic rings. The first kappa shape index (κ1) is 17.6. The molecular formula is C19H28N6. The van der Waals surface area contributed by atoms with Crippen molar-refractivity contribution in [3.8, 4) is 0 Å². The number of anilines is 2. The number of nitrogens with zero attached hydrogens (tertiary/aromatic N) is 5. The second kappa shape index (κ2) is 7.78. The molecule has 3 rings (SSSR count). The Morgan fingerprint density at radius 2 is 1.88 bits per heavy atom. The SMILES string of the molecule is CC(C)c1nc(NCCN2CCc3ccccc3C2)nc(N(C)C)n1. The van der Waals surface area contributed by atoms with Crippen LogP contribution in [0.1, 0.15) is 36.7 Å². The first-order valence-electron chi connectivity index (χ1n) is 8.99. The Balaban J connectivity index is 1.59. The molecule has 0 aliphatic carbocycles. The van der Waals surface area contributed by atoms with Gasteiger partial charge in [-0.3, -0.25) is 4.90 Å². The Kier molecular flexibility index (Phi) is 5.48. The highest BCUT2D eigenvalue weighted by Gasteiger charge is 2.15. The molecule has 0 unspecified atom stereocenters. The van der Waals surface area contributed by atoms with E-state index in [0.29, 0.717) is 11.9 Å². The van der Waals surface area contributed by atoms with Crippen LogP contribution in [0.15, 0.2) is 24.3 Å². The minimum atomic E-state index is 0.279. The van der Waals surface area contributed by atoms with Gasteiger partial charge in [0.05, 0.1) is 0 Å². The lowest BCUT2D eigenvalue weighted by Crippen LogP contribution is -2.34. The van der Waals surface area contributed by atoms with Gasteiger partial charge in [0.2, 0.25) is 11.9 Å². The van der Waals surface area contributed by atoms with Crippen molar-refractivity contribution < 1.29 is 0 Å². The van der Waals surface area contributed by atoms with E-state index in [1.807, 2.05) is 19.0 Å². The van der Waals surface area contributed by atoms with Gasteiger partial charge < -0.3 is 10.2 Å². The van der Waals surface area contributed by atoms with Gasteiger partial charge in [-0.2, -0.15) is 15.0 Å². The fourth-order valence-electron chi connectivity index (χ4n) is 2.99. The van der Waals surface area contributed by atoms with E-state index in [0.717, 1.165) is 38.4 Å². The second-order valence-electron chi connectivity index (χ2n) is 7.09. The number of hydrogen-bond acceptors (Lipinski definition) is 6. The number of hydrogen-bond donors (Lipinski definition) is 1. The minimum absolute atomic E-state index is 0.279. The maximum absolute atomic E-state index is 4.56. The normalized spacial score (nSPS) is 14.4. The molecule has 1 N–H and O–H groups in total. The van der Waals surface area contributed by atoms with Crippen LogP contribution < -0.4 is 10.2 Å². The van der Waals surface area contributed by atoms with E-state index in [1.54, 1.807) is 0 Å². The van der Waals surface area contributed by atoms with Crippen molar-refractivity contribution in [2.75, 3.05) is 43.9 Å². The molecule has 1 aromatic carbocycles. The highest BCUT2D eigenvalue weighted by atomic mass is 15.3. The molecule has 25 heavy (non-hydrogen) atoms. The lowest BCUT2D eigenvalue weighted by atomic mass is 10.00. The molecule has 134 valence electrons. The zero-order valence-electron chi connectivity index (χ0n) is 15.7. The minimum Gasteiger partial charge on any atom is -0.353 e. The Labute approximate surface area is 150 Å². The van der Waals surface area contributed by atoms with E-state index < -0.39 is 0 Å². The molecule has 0 atom stereocenters. The molecule has 0 fully saturated rings. The molecule has 1 aliphatic rings. The van der Waals surface area contributed by atoms with Crippen LogP contribution >= 0.6 is 0 Å². The van der Waals surface area contributed by atoms with Crippen molar-refractivity contribution in [1.29, 1.82) is 0 Å². The van der Waals surface area contributed by atoms with Crippen LogP contribution in [-0.4, -0.2) is 53.6 Å². The monoisotopic (exact) mass is 340 g/mol. The highest BCUT2D eigenvalue weighted by Crippen LogP contribution is 2.18. The van der Waals surface area contributed by atoms with Gasteiger partial charge in [0.25, 0.3) is 0 Å². The van der Waals surface area contributed by atoms with Gasteiger partial charge in [0.1, 0.15) is 5.82 Å². The molecule has 1 aromatic heterocycles. The first-order valence-corrected chi connectivity index (χ1v) is 8.99. The van der Waals surface area contributed by atoms with E-state index in [9.17, 15) is 0 Å². The fourth-order valence-corrected chi connectivity index (χ4v) is 2.99. The van der Waals surface area contributed by atoms with Gasteiger partial charge in [-0.05, 0) is 17.5 Å². The second-order valence-corrected chi connectivity index (χ2v) is 7.09. The largest absolute Gasteiger partial charge is 0.353 e. The highest BCUT2D eigenvalue weighted by molar-refractivity contribution is 5.36. The zero-order valence-corrected chi connectivity index (χ0v) is 15.7. The van der Waals surface area contributed by atoms with Crippen LogP contribution in [0.4, 0.5) is 11.9 Å². The molecule has 0 amide bonds. The third-order valence-corrected chi connectivity index (χ3v) is 4.48. The Bertz CT molecular complexity index is 687. The summed E-state index contributed by atoms with van der Waals surface area (Å²) < 4.78 is 0. The fraction of sp³-hybridized carbons (Fsp3) is 0.526. The van der Waals surface area contributed by atoms with Crippen LogP contribution in [0.2, 0.25) is 0 Å². The molecule has 0 radical (unpaired) electrons. The molecule has 0 bridgehead atoms. The Morgan fingerprint density at radius 1 is 1.12 bits per heavy atom. The summed E-state index contributed by atoms with van der Waals surface area (Å²) in [5.41, 5.74) is 2.94. The van der Waals surface area contributed by atoms with Crippen LogP contribution in [-0.2, 0) is 13.0 Å². The maximum Gasteiger partial charge on any atom is 0.229 e. The van der Waals surface area contributed by atoms with Crippen molar-refractivity contribution in [3.05, 3.63) is 41.2 Å². The van der Waals surface area contributed by atoms with E-state index in [1.165, 1.54) is 11.1 Å². The van der Waals surface area contributed by atoms with Crippen LogP contribution in [0.5, 0.6) is 0 Å². The van der Waals surface area contributed by atoms with Gasteiger partial charge in [-0.25, -0.2) is 0 Å². The molecule has 0 spiro atoms. The molecule has 6 heteroatoms. The van der Waals surface area contributed by atoms with Crippen molar-refractivity contribution in [3.63, 3.8) is 0 Å². The smallest absolute Gasteiger partial charge is 0.229 e. The summed E-state index contributed by atoms with van der Waals surface area (Å²) in [6.07, 6.45) is 1.13. The van der Waals surface area contributed by atoms with Gasteiger partial charge in [-0.15, -0.1) is 0 Å². The summed E-state index contributed by atoms with van der Waals surface area (Å²) in [5.74, 6) is 2.47.